The fourth-order valence-electron chi connectivity index (χ4n) is 1.51. The molecule has 3 nitrogen and oxygen atoms in total. The third-order valence-electron chi connectivity index (χ3n) is 2.08. The molecule has 0 saturated carbocycles. The maximum Gasteiger partial charge on any atom is 0.224 e. The molecule has 74 valence electrons. The number of carbonyl (C=O) groups is 2. The fraction of sp³-hybridized carbons (Fsp3) is 0.778. The standard InChI is InChI=1S/C9H15NO2S/c1-6(2)10-5-8(4-9(10)12)13-7(3)11/h6,8H,4-5H2,1-3H3. The van der Waals surface area contributed by atoms with Crippen molar-refractivity contribution in [2.75, 3.05) is 6.54 Å². The van der Waals surface area contributed by atoms with E-state index >= 15 is 0 Å². The lowest BCUT2D eigenvalue weighted by Gasteiger charge is -2.20. The molecule has 1 aliphatic rings. The monoisotopic (exact) mass is 201 g/mol. The maximum absolute atomic E-state index is 11.4. The van der Waals surface area contributed by atoms with Crippen LogP contribution < -0.4 is 0 Å². The van der Waals surface area contributed by atoms with E-state index in [9.17, 15) is 9.59 Å². The molecule has 1 fully saturated rings. The van der Waals surface area contributed by atoms with Gasteiger partial charge in [-0.2, -0.15) is 0 Å². The molecule has 13 heavy (non-hydrogen) atoms. The van der Waals surface area contributed by atoms with Gasteiger partial charge in [-0.3, -0.25) is 9.59 Å². The quantitative estimate of drug-likeness (QED) is 0.675. The second-order valence-corrected chi connectivity index (χ2v) is 5.05. The fourth-order valence-corrected chi connectivity index (χ4v) is 2.44. The number of rotatable bonds is 2. The highest BCUT2D eigenvalue weighted by Gasteiger charge is 2.31. The molecular formula is C9H15NO2S. The van der Waals surface area contributed by atoms with Crippen LogP contribution >= 0.6 is 11.8 Å². The highest BCUT2D eigenvalue weighted by Crippen LogP contribution is 2.25. The van der Waals surface area contributed by atoms with Crippen LogP contribution in [0.3, 0.4) is 0 Å². The van der Waals surface area contributed by atoms with Crippen LogP contribution in [0.2, 0.25) is 0 Å². The molecule has 0 radical (unpaired) electrons. The number of likely N-dealkylation sites (tertiary alicyclic amines) is 1. The molecule has 4 heteroatoms. The normalized spacial score (nSPS) is 22.9. The number of hydrogen-bond acceptors (Lipinski definition) is 3. The average Bonchev–Trinajstić information content (AvgIpc) is 2.29. The van der Waals surface area contributed by atoms with Gasteiger partial charge in [0.05, 0.1) is 0 Å². The molecule has 1 atom stereocenters. The van der Waals surface area contributed by atoms with Crippen molar-refractivity contribution in [3.8, 4) is 0 Å². The summed E-state index contributed by atoms with van der Waals surface area (Å²) in [5.41, 5.74) is 0. The lowest BCUT2D eigenvalue weighted by Crippen LogP contribution is -2.32. The van der Waals surface area contributed by atoms with Gasteiger partial charge in [-0.1, -0.05) is 11.8 Å². The highest BCUT2D eigenvalue weighted by atomic mass is 32.2. The van der Waals surface area contributed by atoms with E-state index in [4.69, 9.17) is 0 Å². The van der Waals surface area contributed by atoms with E-state index in [1.165, 1.54) is 11.8 Å². The Morgan fingerprint density at radius 3 is 2.62 bits per heavy atom. The zero-order valence-electron chi connectivity index (χ0n) is 8.24. The van der Waals surface area contributed by atoms with Gasteiger partial charge in [0.25, 0.3) is 0 Å². The molecule has 0 spiro atoms. The van der Waals surface area contributed by atoms with E-state index in [2.05, 4.69) is 0 Å². The Hall–Kier alpha value is -0.510. The van der Waals surface area contributed by atoms with E-state index in [0.717, 1.165) is 6.54 Å². The lowest BCUT2D eigenvalue weighted by molar-refractivity contribution is -0.129. The van der Waals surface area contributed by atoms with Gasteiger partial charge in [-0.25, -0.2) is 0 Å². The Labute approximate surface area is 82.9 Å². The third-order valence-corrected chi connectivity index (χ3v) is 3.06. The second-order valence-electron chi connectivity index (χ2n) is 3.58. The van der Waals surface area contributed by atoms with E-state index < -0.39 is 0 Å². The Balaban J connectivity index is 2.50. The summed E-state index contributed by atoms with van der Waals surface area (Å²) >= 11 is 1.29. The molecule has 1 aliphatic heterocycles. The van der Waals surface area contributed by atoms with E-state index in [0.29, 0.717) is 6.42 Å². The summed E-state index contributed by atoms with van der Waals surface area (Å²) in [7, 11) is 0. The molecule has 0 aromatic carbocycles. The Kier molecular flexibility index (Phi) is 3.36. The van der Waals surface area contributed by atoms with Crippen molar-refractivity contribution in [2.24, 2.45) is 0 Å². The molecule has 1 unspecified atom stereocenters. The molecule has 0 aromatic heterocycles. The highest BCUT2D eigenvalue weighted by molar-refractivity contribution is 8.14. The molecule has 0 N–H and O–H groups in total. The van der Waals surface area contributed by atoms with Crippen molar-refractivity contribution in [1.82, 2.24) is 4.90 Å². The van der Waals surface area contributed by atoms with E-state index in [1.807, 2.05) is 18.7 Å². The number of thioether (sulfide) groups is 1. The SMILES string of the molecule is CC(=O)SC1CC(=O)N(C(C)C)C1. The second kappa shape index (κ2) is 4.13. The van der Waals surface area contributed by atoms with Gasteiger partial charge in [-0.15, -0.1) is 0 Å². The summed E-state index contributed by atoms with van der Waals surface area (Å²) in [6.45, 7) is 6.27. The predicted molar refractivity (Wildman–Crippen MR) is 53.5 cm³/mol. The molecule has 0 aromatic rings. The zero-order chi connectivity index (χ0) is 10.0. The molecule has 1 heterocycles. The van der Waals surface area contributed by atoms with E-state index in [1.54, 1.807) is 6.92 Å². The summed E-state index contributed by atoms with van der Waals surface area (Å²) in [5, 5.41) is 0.274. The van der Waals surface area contributed by atoms with Gasteiger partial charge in [-0.05, 0) is 13.8 Å². The average molecular weight is 201 g/mol. The van der Waals surface area contributed by atoms with Crippen LogP contribution in [-0.4, -0.2) is 33.8 Å². The maximum atomic E-state index is 11.4. The minimum Gasteiger partial charge on any atom is -0.339 e. The first-order valence-corrected chi connectivity index (χ1v) is 5.35. The van der Waals surface area contributed by atoms with E-state index in [-0.39, 0.29) is 22.3 Å². The van der Waals surface area contributed by atoms with Crippen molar-refractivity contribution in [2.45, 2.75) is 38.5 Å². The van der Waals surface area contributed by atoms with Gasteiger partial charge < -0.3 is 4.90 Å². The van der Waals surface area contributed by atoms with Crippen molar-refractivity contribution in [3.63, 3.8) is 0 Å². The third kappa shape index (κ3) is 2.72. The predicted octanol–water partition coefficient (Wildman–Crippen LogP) is 1.28. The zero-order valence-corrected chi connectivity index (χ0v) is 9.06. The molecular weight excluding hydrogens is 186 g/mol. The lowest BCUT2D eigenvalue weighted by atomic mass is 10.3. The van der Waals surface area contributed by atoms with Gasteiger partial charge in [0, 0.05) is 31.2 Å². The summed E-state index contributed by atoms with van der Waals surface area (Å²) in [6, 6.07) is 0.255. The molecule has 0 bridgehead atoms. The minimum atomic E-state index is 0.100. The first-order valence-electron chi connectivity index (χ1n) is 4.47. The summed E-state index contributed by atoms with van der Waals surface area (Å²) in [5.74, 6) is 0.175. The number of carbonyl (C=O) groups excluding carboxylic acids is 2. The van der Waals surface area contributed by atoms with Crippen LogP contribution in [0.1, 0.15) is 27.2 Å². The molecule has 0 aliphatic carbocycles. The summed E-state index contributed by atoms with van der Waals surface area (Å²) in [4.78, 5) is 24.1. The first-order chi connectivity index (χ1) is 6.00. The van der Waals surface area contributed by atoms with Crippen LogP contribution in [0.25, 0.3) is 0 Å². The van der Waals surface area contributed by atoms with Crippen LogP contribution in [0.15, 0.2) is 0 Å². The number of nitrogens with zero attached hydrogens (tertiary/aromatic N) is 1. The molecule has 1 saturated heterocycles. The van der Waals surface area contributed by atoms with Crippen LogP contribution in [0.4, 0.5) is 0 Å². The van der Waals surface area contributed by atoms with Gasteiger partial charge >= 0.3 is 0 Å². The number of hydrogen-bond donors (Lipinski definition) is 0. The largest absolute Gasteiger partial charge is 0.339 e. The van der Waals surface area contributed by atoms with Crippen molar-refractivity contribution < 1.29 is 9.59 Å². The van der Waals surface area contributed by atoms with Crippen LogP contribution in [0.5, 0.6) is 0 Å². The van der Waals surface area contributed by atoms with Crippen molar-refractivity contribution in [3.05, 3.63) is 0 Å². The van der Waals surface area contributed by atoms with Crippen LogP contribution in [0, 0.1) is 0 Å². The number of amides is 1. The Morgan fingerprint density at radius 2 is 2.23 bits per heavy atom. The summed E-state index contributed by atoms with van der Waals surface area (Å²) < 4.78 is 0. The van der Waals surface area contributed by atoms with Gasteiger partial charge in [0.1, 0.15) is 0 Å². The molecule has 1 amide bonds. The Bertz CT molecular complexity index is 228. The summed E-state index contributed by atoms with van der Waals surface area (Å²) in [6.07, 6.45) is 0.516. The molecule has 1 rings (SSSR count). The van der Waals surface area contributed by atoms with Crippen molar-refractivity contribution >= 4 is 22.8 Å². The topological polar surface area (TPSA) is 37.4 Å². The minimum absolute atomic E-state index is 0.100. The van der Waals surface area contributed by atoms with Gasteiger partial charge in [0.2, 0.25) is 5.91 Å². The van der Waals surface area contributed by atoms with Crippen LogP contribution in [-0.2, 0) is 9.59 Å². The van der Waals surface area contributed by atoms with Gasteiger partial charge in [0.15, 0.2) is 5.12 Å². The smallest absolute Gasteiger partial charge is 0.224 e. The van der Waals surface area contributed by atoms with Crippen molar-refractivity contribution in [1.29, 1.82) is 0 Å². The Morgan fingerprint density at radius 1 is 1.62 bits per heavy atom. The first kappa shape index (κ1) is 10.6.